The number of fused-ring (bicyclic) bond motifs is 2. The number of ether oxygens (including phenoxy) is 1. The Hall–Kier alpha value is -3.01. The van der Waals surface area contributed by atoms with Crippen LogP contribution in [0.25, 0.3) is 20.3 Å². The van der Waals surface area contributed by atoms with E-state index in [2.05, 4.69) is 15.2 Å². The molecular formula is C25H25N3O4S2. The third-order valence-electron chi connectivity index (χ3n) is 6.10. The number of carbonyl (C=O) groups excluding carboxylic acids is 1. The molecule has 9 heteroatoms. The van der Waals surface area contributed by atoms with E-state index in [0.717, 1.165) is 51.0 Å². The van der Waals surface area contributed by atoms with Crippen LogP contribution in [0.4, 0.5) is 5.13 Å². The van der Waals surface area contributed by atoms with Crippen molar-refractivity contribution in [3.05, 3.63) is 52.9 Å². The van der Waals surface area contributed by atoms with Crippen molar-refractivity contribution in [1.29, 1.82) is 0 Å². The number of aromatic carboxylic acids is 1. The number of benzene rings is 2. The first kappa shape index (κ1) is 22.8. The molecule has 1 amide bonds. The molecule has 7 nitrogen and oxygen atoms in total. The first-order chi connectivity index (χ1) is 16.5. The number of carboxylic acid groups (broad SMARTS) is 1. The van der Waals surface area contributed by atoms with E-state index in [1.807, 2.05) is 49.4 Å². The lowest BCUT2D eigenvalue weighted by molar-refractivity contribution is -0.117. The lowest BCUT2D eigenvalue weighted by Crippen LogP contribution is -2.38. The highest BCUT2D eigenvalue weighted by atomic mass is 32.1. The Bertz CT molecular complexity index is 1360. The number of thiophene rings is 1. The first-order valence-electron chi connectivity index (χ1n) is 11.3. The summed E-state index contributed by atoms with van der Waals surface area (Å²) in [4.78, 5) is 31.8. The lowest BCUT2D eigenvalue weighted by atomic mass is 10.0. The van der Waals surface area contributed by atoms with Crippen LogP contribution in [0.5, 0.6) is 5.75 Å². The molecule has 0 saturated carbocycles. The predicted molar refractivity (Wildman–Crippen MR) is 137 cm³/mol. The Morgan fingerprint density at radius 2 is 2.06 bits per heavy atom. The van der Waals surface area contributed by atoms with Crippen LogP contribution >= 0.6 is 22.7 Å². The molecule has 4 aromatic rings. The highest BCUT2D eigenvalue weighted by Gasteiger charge is 2.29. The van der Waals surface area contributed by atoms with E-state index in [-0.39, 0.29) is 18.5 Å². The number of nitrogens with zero attached hydrogens (tertiary/aromatic N) is 2. The number of nitrogens with one attached hydrogen (secondary N) is 1. The van der Waals surface area contributed by atoms with Gasteiger partial charge in [-0.1, -0.05) is 29.5 Å². The molecule has 176 valence electrons. The second-order valence-corrected chi connectivity index (χ2v) is 10.4. The minimum absolute atomic E-state index is 0.107. The van der Waals surface area contributed by atoms with E-state index in [1.54, 1.807) is 0 Å². The molecule has 1 aliphatic heterocycles. The number of hydrogen-bond acceptors (Lipinski definition) is 7. The zero-order chi connectivity index (χ0) is 23.7. The minimum Gasteiger partial charge on any atom is -0.494 e. The van der Waals surface area contributed by atoms with Crippen molar-refractivity contribution in [2.24, 2.45) is 0 Å². The molecule has 3 heterocycles. The van der Waals surface area contributed by atoms with Gasteiger partial charge < -0.3 is 15.2 Å². The normalized spacial score (nSPS) is 16.3. The predicted octanol–water partition coefficient (Wildman–Crippen LogP) is 5.25. The third kappa shape index (κ3) is 4.64. The van der Waals surface area contributed by atoms with Gasteiger partial charge in [0.1, 0.15) is 10.6 Å². The number of likely N-dealkylation sites (tertiary alicyclic amines) is 1. The van der Waals surface area contributed by atoms with Crippen LogP contribution in [0.1, 0.15) is 35.0 Å². The van der Waals surface area contributed by atoms with E-state index in [9.17, 15) is 14.7 Å². The van der Waals surface area contributed by atoms with E-state index < -0.39 is 5.97 Å². The Morgan fingerprint density at radius 3 is 2.88 bits per heavy atom. The zero-order valence-electron chi connectivity index (χ0n) is 18.7. The number of rotatable bonds is 8. The fraction of sp³-hybridized carbons (Fsp3) is 0.320. The lowest BCUT2D eigenvalue weighted by Gasteiger charge is -2.23. The topological polar surface area (TPSA) is 91.8 Å². The fourth-order valence-electron chi connectivity index (χ4n) is 4.60. The maximum Gasteiger partial charge on any atom is 0.346 e. The van der Waals surface area contributed by atoms with Gasteiger partial charge in [0.05, 0.1) is 23.4 Å². The van der Waals surface area contributed by atoms with Gasteiger partial charge >= 0.3 is 5.97 Å². The van der Waals surface area contributed by atoms with Crippen molar-refractivity contribution in [3.8, 4) is 5.75 Å². The maximum atomic E-state index is 12.8. The van der Waals surface area contributed by atoms with Gasteiger partial charge in [-0.2, -0.15) is 0 Å². The molecule has 0 unspecified atom stereocenters. The molecule has 1 aliphatic rings. The Balaban J connectivity index is 1.28. The number of aromatic nitrogens is 1. The summed E-state index contributed by atoms with van der Waals surface area (Å²) in [5.41, 5.74) is 1.70. The summed E-state index contributed by atoms with van der Waals surface area (Å²) in [6.45, 7) is 3.62. The fourth-order valence-corrected chi connectivity index (χ4v) is 6.58. The first-order valence-corrected chi connectivity index (χ1v) is 13.0. The number of carboxylic acids is 1. The van der Waals surface area contributed by atoms with E-state index in [1.165, 1.54) is 22.7 Å². The van der Waals surface area contributed by atoms with Crippen LogP contribution in [0.3, 0.4) is 0 Å². The standard InChI is InChI=1S/C25H25N3O4S2/c1-2-32-16-9-10-19-21(13-16)34-25(26-19)27-22(29)14-28-11-5-6-15(28)12-18-17-7-3-4-8-20(17)33-23(18)24(30)31/h3-4,7-10,13,15H,2,5-6,11-12,14H2,1H3,(H,30,31)(H,26,27,29)/t15-/m1/s1. The summed E-state index contributed by atoms with van der Waals surface area (Å²) >= 11 is 2.75. The number of hydrogen-bond donors (Lipinski definition) is 2. The van der Waals surface area contributed by atoms with Gasteiger partial charge in [0.15, 0.2) is 5.13 Å². The molecule has 5 rings (SSSR count). The summed E-state index contributed by atoms with van der Waals surface area (Å²) in [6.07, 6.45) is 2.56. The highest BCUT2D eigenvalue weighted by molar-refractivity contribution is 7.22. The van der Waals surface area contributed by atoms with E-state index in [4.69, 9.17) is 4.74 Å². The van der Waals surface area contributed by atoms with Crippen molar-refractivity contribution in [1.82, 2.24) is 9.88 Å². The van der Waals surface area contributed by atoms with E-state index >= 15 is 0 Å². The van der Waals surface area contributed by atoms with Crippen molar-refractivity contribution < 1.29 is 19.4 Å². The average molecular weight is 496 g/mol. The minimum atomic E-state index is -0.887. The molecule has 2 N–H and O–H groups in total. The molecule has 1 saturated heterocycles. The van der Waals surface area contributed by atoms with Crippen LogP contribution in [0.2, 0.25) is 0 Å². The second-order valence-electron chi connectivity index (χ2n) is 8.31. The largest absolute Gasteiger partial charge is 0.494 e. The van der Waals surface area contributed by atoms with Crippen LogP contribution in [0.15, 0.2) is 42.5 Å². The summed E-state index contributed by atoms with van der Waals surface area (Å²) in [5, 5.41) is 14.3. The van der Waals surface area contributed by atoms with Crippen molar-refractivity contribution in [2.75, 3.05) is 25.0 Å². The molecule has 0 spiro atoms. The van der Waals surface area contributed by atoms with Gasteiger partial charge in [0.2, 0.25) is 5.91 Å². The molecule has 0 bridgehead atoms. The maximum absolute atomic E-state index is 12.8. The quantitative estimate of drug-likeness (QED) is 0.347. The number of amides is 1. The number of carbonyl (C=O) groups is 2. The van der Waals surface area contributed by atoms with Crippen LogP contribution in [0, 0.1) is 0 Å². The summed E-state index contributed by atoms with van der Waals surface area (Å²) < 4.78 is 7.50. The van der Waals surface area contributed by atoms with Crippen LogP contribution in [-0.2, 0) is 11.2 Å². The SMILES string of the molecule is CCOc1ccc2nc(NC(=O)CN3CCC[C@@H]3Cc3c(C(=O)O)sc4ccccc34)sc2c1. The monoisotopic (exact) mass is 495 g/mol. The third-order valence-corrected chi connectivity index (χ3v) is 8.23. The van der Waals surface area contributed by atoms with Gasteiger partial charge in [-0.3, -0.25) is 9.69 Å². The average Bonchev–Trinajstić information content (AvgIpc) is 3.51. The Kier molecular flexibility index (Phi) is 6.49. The molecule has 1 atom stereocenters. The molecular weight excluding hydrogens is 470 g/mol. The smallest absolute Gasteiger partial charge is 0.346 e. The van der Waals surface area contributed by atoms with Gasteiger partial charge in [-0.05, 0) is 67.9 Å². The van der Waals surface area contributed by atoms with Gasteiger partial charge in [0, 0.05) is 10.7 Å². The summed E-state index contributed by atoms with van der Waals surface area (Å²) in [6, 6.07) is 13.7. The van der Waals surface area contributed by atoms with Gasteiger partial charge in [0.25, 0.3) is 0 Å². The summed E-state index contributed by atoms with van der Waals surface area (Å²) in [5.74, 6) is -0.204. The molecule has 0 aliphatic carbocycles. The summed E-state index contributed by atoms with van der Waals surface area (Å²) in [7, 11) is 0. The highest BCUT2D eigenvalue weighted by Crippen LogP contribution is 2.34. The Labute approximate surface area is 205 Å². The number of thiazole rings is 1. The second kappa shape index (κ2) is 9.69. The molecule has 2 aromatic carbocycles. The molecule has 0 radical (unpaired) electrons. The molecule has 2 aromatic heterocycles. The van der Waals surface area contributed by atoms with E-state index in [0.29, 0.717) is 23.0 Å². The van der Waals surface area contributed by atoms with Gasteiger partial charge in [-0.25, -0.2) is 9.78 Å². The zero-order valence-corrected chi connectivity index (χ0v) is 20.4. The van der Waals surface area contributed by atoms with Crippen LogP contribution in [-0.4, -0.2) is 52.6 Å². The van der Waals surface area contributed by atoms with Crippen molar-refractivity contribution in [2.45, 2.75) is 32.2 Å². The number of anilines is 1. The van der Waals surface area contributed by atoms with Gasteiger partial charge in [-0.15, -0.1) is 11.3 Å². The molecule has 1 fully saturated rings. The van der Waals surface area contributed by atoms with Crippen LogP contribution < -0.4 is 10.1 Å². The Morgan fingerprint density at radius 1 is 1.21 bits per heavy atom. The van der Waals surface area contributed by atoms with Crippen molar-refractivity contribution >= 4 is 60.0 Å². The molecule has 34 heavy (non-hydrogen) atoms. The van der Waals surface area contributed by atoms with Crippen molar-refractivity contribution in [3.63, 3.8) is 0 Å².